The molecule has 7 heteroatoms. The van der Waals surface area contributed by atoms with Gasteiger partial charge in [-0.2, -0.15) is 0 Å². The average molecular weight is 180 g/mol. The van der Waals surface area contributed by atoms with E-state index in [9.17, 15) is 4.79 Å². The molecular formula is C6H4N4O3. The van der Waals surface area contributed by atoms with Crippen molar-refractivity contribution in [3.8, 4) is 0 Å². The predicted molar refractivity (Wildman–Crippen MR) is 38.1 cm³/mol. The first-order valence-electron chi connectivity index (χ1n) is 3.42. The third-order valence-electron chi connectivity index (χ3n) is 1.36. The molecule has 1 atom stereocenters. The van der Waals surface area contributed by atoms with E-state index in [1.165, 1.54) is 18.4 Å². The molecule has 1 aliphatic rings. The lowest BCUT2D eigenvalue weighted by Crippen LogP contribution is -2.11. The van der Waals surface area contributed by atoms with E-state index in [-0.39, 0.29) is 0 Å². The van der Waals surface area contributed by atoms with Gasteiger partial charge in [-0.25, -0.2) is 0 Å². The van der Waals surface area contributed by atoms with E-state index in [1.54, 1.807) is 0 Å². The zero-order valence-corrected chi connectivity index (χ0v) is 6.32. The Morgan fingerprint density at radius 1 is 1.54 bits per heavy atom. The molecule has 7 nitrogen and oxygen atoms in total. The summed E-state index contributed by atoms with van der Waals surface area (Å²) in [5, 5.41) is 13.1. The van der Waals surface area contributed by atoms with Crippen LogP contribution in [0.2, 0.25) is 0 Å². The Kier molecular flexibility index (Phi) is 1.83. The first-order valence-corrected chi connectivity index (χ1v) is 3.42. The number of aromatic nitrogens is 2. The standard InChI is InChI=1S/C6H4N4O3/c11-6-5(13-10-8-6)2-1-4-3-12-9-7-4/h1-3,5H. The van der Waals surface area contributed by atoms with Crippen molar-refractivity contribution in [1.29, 1.82) is 0 Å². The fraction of sp³-hybridized carbons (Fsp3) is 0.167. The van der Waals surface area contributed by atoms with Gasteiger partial charge in [0.25, 0.3) is 0 Å². The van der Waals surface area contributed by atoms with E-state index in [1.807, 2.05) is 0 Å². The smallest absolute Gasteiger partial charge is 0.315 e. The number of carbonyl (C=O) groups is 1. The summed E-state index contributed by atoms with van der Waals surface area (Å²) in [7, 11) is 0. The number of amides is 1. The maximum absolute atomic E-state index is 10.8. The van der Waals surface area contributed by atoms with Crippen LogP contribution in [0.1, 0.15) is 5.69 Å². The van der Waals surface area contributed by atoms with Crippen LogP contribution in [0, 0.1) is 0 Å². The van der Waals surface area contributed by atoms with Crippen molar-refractivity contribution in [3.63, 3.8) is 0 Å². The second-order valence-electron chi connectivity index (χ2n) is 2.23. The number of nitrogens with zero attached hydrogens (tertiary/aromatic N) is 4. The SMILES string of the molecule is O=C1N=NOC1C=Cc1conn1. The Balaban J connectivity index is 2.02. The lowest BCUT2D eigenvalue weighted by molar-refractivity contribution is -0.121. The minimum absolute atomic E-state index is 0.437. The molecule has 0 N–H and O–H groups in total. The van der Waals surface area contributed by atoms with Gasteiger partial charge in [-0.15, -0.1) is 5.10 Å². The molecule has 2 heterocycles. The predicted octanol–water partition coefficient (Wildman–Crippen LogP) is 0.375. The molecule has 1 aromatic rings. The zero-order chi connectivity index (χ0) is 9.10. The lowest BCUT2D eigenvalue weighted by atomic mass is 10.3. The molecule has 1 amide bonds. The summed E-state index contributed by atoms with van der Waals surface area (Å²) in [4.78, 5) is 15.4. The maximum atomic E-state index is 10.8. The van der Waals surface area contributed by atoms with Crippen LogP contribution in [0.25, 0.3) is 6.08 Å². The Hall–Kier alpha value is -2.05. The fourth-order valence-electron chi connectivity index (χ4n) is 0.764. The highest BCUT2D eigenvalue weighted by Gasteiger charge is 2.22. The van der Waals surface area contributed by atoms with Gasteiger partial charge in [-0.05, 0) is 12.2 Å². The van der Waals surface area contributed by atoms with Crippen LogP contribution in [0.15, 0.2) is 27.3 Å². The van der Waals surface area contributed by atoms with Crippen LogP contribution in [0.4, 0.5) is 0 Å². The van der Waals surface area contributed by atoms with E-state index in [4.69, 9.17) is 0 Å². The number of hydrogen-bond donors (Lipinski definition) is 0. The van der Waals surface area contributed by atoms with Crippen molar-refractivity contribution < 1.29 is 14.2 Å². The highest BCUT2D eigenvalue weighted by Crippen LogP contribution is 2.08. The normalized spacial score (nSPS) is 21.2. The van der Waals surface area contributed by atoms with Gasteiger partial charge in [0.1, 0.15) is 5.69 Å². The molecule has 1 unspecified atom stereocenters. The second-order valence-corrected chi connectivity index (χ2v) is 2.23. The van der Waals surface area contributed by atoms with Gasteiger partial charge < -0.3 is 9.36 Å². The van der Waals surface area contributed by atoms with Gasteiger partial charge in [-0.1, -0.05) is 5.11 Å². The second kappa shape index (κ2) is 3.13. The van der Waals surface area contributed by atoms with Crippen LogP contribution < -0.4 is 0 Å². The lowest BCUT2D eigenvalue weighted by Gasteiger charge is -1.94. The summed E-state index contributed by atoms with van der Waals surface area (Å²) < 4.78 is 4.47. The number of carbonyl (C=O) groups excluding carboxylic acids is 1. The van der Waals surface area contributed by atoms with E-state index >= 15 is 0 Å². The topological polar surface area (TPSA) is 89.9 Å². The highest BCUT2D eigenvalue weighted by molar-refractivity contribution is 5.84. The molecule has 0 saturated carbocycles. The van der Waals surface area contributed by atoms with Crippen LogP contribution in [0.5, 0.6) is 0 Å². The van der Waals surface area contributed by atoms with Crippen LogP contribution in [-0.2, 0) is 9.63 Å². The average Bonchev–Trinajstić information content (AvgIpc) is 2.72. The Bertz CT molecular complexity index is 356. The fourth-order valence-corrected chi connectivity index (χ4v) is 0.764. The first-order chi connectivity index (χ1) is 6.36. The van der Waals surface area contributed by atoms with Crippen LogP contribution in [-0.4, -0.2) is 22.4 Å². The summed E-state index contributed by atoms with van der Waals surface area (Å²) in [5.41, 5.74) is 0.503. The van der Waals surface area contributed by atoms with Gasteiger partial charge in [0, 0.05) is 10.5 Å². The Morgan fingerprint density at radius 2 is 2.46 bits per heavy atom. The van der Waals surface area contributed by atoms with Gasteiger partial charge in [0.2, 0.25) is 6.10 Å². The first kappa shape index (κ1) is 7.59. The van der Waals surface area contributed by atoms with Crippen LogP contribution >= 0.6 is 0 Å². The molecule has 66 valence electrons. The molecule has 1 aromatic heterocycles. The maximum Gasteiger partial charge on any atom is 0.315 e. The zero-order valence-electron chi connectivity index (χ0n) is 6.32. The molecule has 0 aromatic carbocycles. The molecule has 1 aliphatic heterocycles. The molecule has 0 saturated heterocycles. The summed E-state index contributed by atoms with van der Waals surface area (Å²) in [6.07, 6.45) is 3.60. The molecule has 0 spiro atoms. The molecule has 0 aliphatic carbocycles. The Labute approximate surface area is 72.0 Å². The molecule has 0 radical (unpaired) electrons. The molecule has 0 fully saturated rings. The quantitative estimate of drug-likeness (QED) is 0.655. The van der Waals surface area contributed by atoms with Crippen molar-refractivity contribution in [2.24, 2.45) is 10.4 Å². The van der Waals surface area contributed by atoms with E-state index in [2.05, 4.69) is 30.1 Å². The van der Waals surface area contributed by atoms with Gasteiger partial charge in [-0.3, -0.25) is 4.79 Å². The van der Waals surface area contributed by atoms with Gasteiger partial charge in [0.15, 0.2) is 6.26 Å². The number of hydrogen-bond acceptors (Lipinski definition) is 6. The summed E-state index contributed by atoms with van der Waals surface area (Å²) >= 11 is 0. The molecule has 13 heavy (non-hydrogen) atoms. The Morgan fingerprint density at radius 3 is 3.08 bits per heavy atom. The minimum Gasteiger partial charge on any atom is -0.361 e. The summed E-state index contributed by atoms with van der Waals surface area (Å²) in [6, 6.07) is 0. The highest BCUT2D eigenvalue weighted by atomic mass is 16.7. The molecular weight excluding hydrogens is 176 g/mol. The third kappa shape index (κ3) is 1.58. The third-order valence-corrected chi connectivity index (χ3v) is 1.36. The van der Waals surface area contributed by atoms with Gasteiger partial charge in [0.05, 0.1) is 0 Å². The van der Waals surface area contributed by atoms with Crippen LogP contribution in [0.3, 0.4) is 0 Å². The summed E-state index contributed by atoms with van der Waals surface area (Å²) in [6.45, 7) is 0. The monoisotopic (exact) mass is 180 g/mol. The number of rotatable bonds is 2. The van der Waals surface area contributed by atoms with E-state index in [0.717, 1.165) is 0 Å². The van der Waals surface area contributed by atoms with Crippen molar-refractivity contribution in [3.05, 3.63) is 18.0 Å². The van der Waals surface area contributed by atoms with E-state index in [0.29, 0.717) is 5.69 Å². The summed E-state index contributed by atoms with van der Waals surface area (Å²) in [5.74, 6) is -0.437. The van der Waals surface area contributed by atoms with Crippen molar-refractivity contribution in [2.45, 2.75) is 6.10 Å². The van der Waals surface area contributed by atoms with Crippen molar-refractivity contribution in [1.82, 2.24) is 10.4 Å². The van der Waals surface area contributed by atoms with Gasteiger partial charge >= 0.3 is 5.91 Å². The largest absolute Gasteiger partial charge is 0.361 e. The van der Waals surface area contributed by atoms with E-state index < -0.39 is 12.0 Å². The van der Waals surface area contributed by atoms with Crippen molar-refractivity contribution >= 4 is 12.0 Å². The molecule has 2 rings (SSSR count). The minimum atomic E-state index is -0.753. The van der Waals surface area contributed by atoms with Crippen molar-refractivity contribution in [2.75, 3.05) is 0 Å². The molecule has 0 bridgehead atoms.